The molecule has 3 aliphatic rings. The number of hydrogen-bond donors (Lipinski definition) is 3. The van der Waals surface area contributed by atoms with Crippen LogP contribution in [0, 0.1) is 34.9 Å². The van der Waals surface area contributed by atoms with Gasteiger partial charge >= 0.3 is 5.97 Å². The molecule has 69 heavy (non-hydrogen) atoms. The van der Waals surface area contributed by atoms with Gasteiger partial charge < -0.3 is 39.9 Å². The standard InChI is InChI=1S/C51H77FN6O11/c1-12-32(6)45(56(9)49(65)43(30(2)3)54-48(64)44(31(4)5)55(8)39(59)20-14-13-17-25-57-40(60)21-22-41(57)61)38(68-10)27-42(62)58-29-51(23-24-51)28-37(58)46(69-11)33(7)47(63)53-36(50(66)67)26-34-18-15-16-19-35(34)52/h15-16,18-19,21-22,30-33,36-38,43-46H,12-14,17,20,23-29H2,1-11H3,(H,53,63)(H,54,64)(H,66,67)/t32?,33?,36?,37-,38?,43?,44?,45?,46?/m0/s1. The minimum absolute atomic E-state index is 0.108. The van der Waals surface area contributed by atoms with Gasteiger partial charge in [0.1, 0.15) is 23.9 Å². The molecule has 8 unspecified atom stereocenters. The number of nitrogens with zero attached hydrogens (tertiary/aromatic N) is 4. The van der Waals surface area contributed by atoms with Crippen molar-refractivity contribution in [2.24, 2.45) is 29.1 Å². The molecule has 1 saturated heterocycles. The zero-order chi connectivity index (χ0) is 51.5. The third-order valence-electron chi connectivity index (χ3n) is 14.6. The van der Waals surface area contributed by atoms with Crippen molar-refractivity contribution in [3.8, 4) is 0 Å². The van der Waals surface area contributed by atoms with E-state index in [1.807, 2.05) is 41.5 Å². The highest BCUT2D eigenvalue weighted by molar-refractivity contribution is 6.12. The third-order valence-corrected chi connectivity index (χ3v) is 14.6. The van der Waals surface area contributed by atoms with Crippen molar-refractivity contribution in [2.75, 3.05) is 41.4 Å². The molecule has 3 N–H and O–H groups in total. The first kappa shape index (κ1) is 56.4. The molecule has 2 heterocycles. The van der Waals surface area contributed by atoms with Crippen LogP contribution >= 0.6 is 0 Å². The average molecular weight is 969 g/mol. The van der Waals surface area contributed by atoms with Gasteiger partial charge in [0, 0.05) is 66.4 Å². The second-order valence-corrected chi connectivity index (χ2v) is 20.2. The second-order valence-electron chi connectivity index (χ2n) is 20.2. The smallest absolute Gasteiger partial charge is 0.326 e. The Hall–Kier alpha value is -5.23. The minimum atomic E-state index is -1.41. The van der Waals surface area contributed by atoms with Gasteiger partial charge in [-0.2, -0.15) is 0 Å². The van der Waals surface area contributed by atoms with Gasteiger partial charge in [-0.25, -0.2) is 9.18 Å². The summed E-state index contributed by atoms with van der Waals surface area (Å²) in [6.45, 7) is 13.6. The number of benzene rings is 1. The van der Waals surface area contributed by atoms with Crippen molar-refractivity contribution in [2.45, 2.75) is 155 Å². The van der Waals surface area contributed by atoms with Crippen LogP contribution < -0.4 is 10.6 Å². The molecule has 18 heteroatoms. The van der Waals surface area contributed by atoms with Crippen molar-refractivity contribution in [3.63, 3.8) is 0 Å². The summed E-state index contributed by atoms with van der Waals surface area (Å²) in [6, 6.07) is 1.36. The van der Waals surface area contributed by atoms with Crippen molar-refractivity contribution in [3.05, 3.63) is 47.8 Å². The number of rotatable bonds is 27. The number of carboxylic acid groups (broad SMARTS) is 1. The Balaban J connectivity index is 1.46. The Morgan fingerprint density at radius 1 is 0.870 bits per heavy atom. The molecular formula is C51H77FN6O11. The quantitative estimate of drug-likeness (QED) is 0.0833. The minimum Gasteiger partial charge on any atom is -0.480 e. The maximum Gasteiger partial charge on any atom is 0.326 e. The molecule has 1 aliphatic carbocycles. The van der Waals surface area contributed by atoms with E-state index in [2.05, 4.69) is 10.6 Å². The van der Waals surface area contributed by atoms with Gasteiger partial charge in [0.15, 0.2) is 0 Å². The highest BCUT2D eigenvalue weighted by atomic mass is 19.1. The van der Waals surface area contributed by atoms with Crippen LogP contribution in [0.3, 0.4) is 0 Å². The lowest BCUT2D eigenvalue weighted by atomic mass is 9.89. The summed E-state index contributed by atoms with van der Waals surface area (Å²) in [4.78, 5) is 112. The average Bonchev–Trinajstić information content (AvgIpc) is 3.85. The van der Waals surface area contributed by atoms with E-state index < -0.39 is 71.9 Å². The molecule has 7 amide bonds. The number of hydrogen-bond acceptors (Lipinski definition) is 10. The zero-order valence-electron chi connectivity index (χ0n) is 42.5. The van der Waals surface area contributed by atoms with Crippen LogP contribution in [-0.4, -0.2) is 156 Å². The lowest BCUT2D eigenvalue weighted by molar-refractivity contribution is -0.149. The van der Waals surface area contributed by atoms with Crippen LogP contribution in [0.2, 0.25) is 0 Å². The Morgan fingerprint density at radius 3 is 2.04 bits per heavy atom. The Kier molecular flexibility index (Phi) is 20.5. The Labute approximate surface area is 407 Å². The summed E-state index contributed by atoms with van der Waals surface area (Å²) in [5.41, 5.74) is 0.00741. The van der Waals surface area contributed by atoms with Gasteiger partial charge in [0.25, 0.3) is 11.8 Å². The van der Waals surface area contributed by atoms with Crippen LogP contribution in [0.4, 0.5) is 4.39 Å². The van der Waals surface area contributed by atoms with Crippen LogP contribution in [0.15, 0.2) is 36.4 Å². The molecule has 17 nitrogen and oxygen atoms in total. The van der Waals surface area contributed by atoms with Gasteiger partial charge in [-0.1, -0.05) is 79.5 Å². The zero-order valence-corrected chi connectivity index (χ0v) is 42.5. The van der Waals surface area contributed by atoms with E-state index in [1.54, 1.807) is 36.9 Å². The molecule has 384 valence electrons. The number of aliphatic carboxylic acids is 1. The Morgan fingerprint density at radius 2 is 1.51 bits per heavy atom. The van der Waals surface area contributed by atoms with Gasteiger partial charge in [-0.05, 0) is 66.9 Å². The molecule has 1 aromatic carbocycles. The van der Waals surface area contributed by atoms with E-state index in [9.17, 15) is 47.9 Å². The third kappa shape index (κ3) is 14.2. The first-order valence-corrected chi connectivity index (χ1v) is 24.5. The summed E-state index contributed by atoms with van der Waals surface area (Å²) in [5.74, 6) is -6.29. The topological polar surface area (TPSA) is 212 Å². The summed E-state index contributed by atoms with van der Waals surface area (Å²) < 4.78 is 26.5. The van der Waals surface area contributed by atoms with E-state index in [1.165, 1.54) is 49.5 Å². The molecule has 0 bridgehead atoms. The summed E-state index contributed by atoms with van der Waals surface area (Å²) in [5, 5.41) is 15.5. The van der Waals surface area contributed by atoms with Crippen molar-refractivity contribution >= 4 is 47.3 Å². The number of carbonyl (C=O) groups excluding carboxylic acids is 7. The van der Waals surface area contributed by atoms with Crippen LogP contribution in [0.5, 0.6) is 0 Å². The highest BCUT2D eigenvalue weighted by Gasteiger charge is 2.56. The first-order valence-electron chi connectivity index (χ1n) is 24.5. The first-order chi connectivity index (χ1) is 32.5. The fraction of sp³-hybridized carbons (Fsp3) is 0.686. The SMILES string of the molecule is CCC(C)C(C(CC(=O)N1CC2(CC2)C[C@H]1C(OC)C(C)C(=O)NC(Cc1ccccc1F)C(=O)O)OC)N(C)C(=O)C(NC(=O)C(C(C)C)N(C)C(=O)CCCCCN1C(=O)C=CC1=O)C(C)C. The second kappa shape index (κ2) is 25.1. The lowest BCUT2D eigenvalue weighted by Crippen LogP contribution is -2.60. The molecule has 1 saturated carbocycles. The van der Waals surface area contributed by atoms with Crippen molar-refractivity contribution < 1.29 is 57.3 Å². The number of ether oxygens (including phenoxy) is 2. The predicted molar refractivity (Wildman–Crippen MR) is 255 cm³/mol. The summed E-state index contributed by atoms with van der Waals surface area (Å²) >= 11 is 0. The number of unbranched alkanes of at least 4 members (excludes halogenated alkanes) is 2. The maximum absolute atomic E-state index is 14.6. The number of imide groups is 1. The number of nitrogens with one attached hydrogen (secondary N) is 2. The predicted octanol–water partition coefficient (Wildman–Crippen LogP) is 4.36. The van der Waals surface area contributed by atoms with Gasteiger partial charge in [0.2, 0.25) is 29.5 Å². The highest BCUT2D eigenvalue weighted by Crippen LogP contribution is 2.56. The number of methoxy groups -OCH3 is 2. The summed E-state index contributed by atoms with van der Waals surface area (Å²) in [6.07, 6.45) is 5.29. The molecule has 1 spiro atoms. The van der Waals surface area contributed by atoms with Gasteiger partial charge in [0.05, 0.1) is 36.6 Å². The van der Waals surface area contributed by atoms with Crippen LogP contribution in [0.1, 0.15) is 112 Å². The maximum atomic E-state index is 14.6. The van der Waals surface area contributed by atoms with Gasteiger partial charge in [-0.15, -0.1) is 0 Å². The van der Waals surface area contributed by atoms with E-state index in [-0.39, 0.29) is 84.1 Å². The molecule has 4 rings (SSSR count). The number of carbonyl (C=O) groups is 8. The van der Waals surface area contributed by atoms with Crippen LogP contribution in [0.25, 0.3) is 0 Å². The van der Waals surface area contributed by atoms with Crippen molar-refractivity contribution in [1.82, 2.24) is 30.2 Å². The van der Waals surface area contributed by atoms with E-state index in [0.717, 1.165) is 17.7 Å². The summed E-state index contributed by atoms with van der Waals surface area (Å²) in [7, 11) is 6.17. The fourth-order valence-corrected chi connectivity index (χ4v) is 10.1. The molecule has 0 aromatic heterocycles. The molecule has 0 radical (unpaired) electrons. The normalized spacial score (nSPS) is 19.8. The number of amides is 7. The fourth-order valence-electron chi connectivity index (χ4n) is 10.1. The van der Waals surface area contributed by atoms with Crippen LogP contribution in [-0.2, 0) is 54.3 Å². The Bertz CT molecular complexity index is 2020. The van der Waals surface area contributed by atoms with Crippen molar-refractivity contribution in [1.29, 1.82) is 0 Å². The van der Waals surface area contributed by atoms with Gasteiger partial charge in [-0.3, -0.25) is 38.5 Å². The van der Waals surface area contributed by atoms with E-state index in [0.29, 0.717) is 38.6 Å². The number of likely N-dealkylation sites (N-methyl/N-ethyl adjacent to an activating group) is 2. The molecule has 2 fully saturated rings. The lowest BCUT2D eigenvalue weighted by Gasteiger charge is -2.41. The molecular weight excluding hydrogens is 892 g/mol. The number of carboxylic acids is 1. The van der Waals surface area contributed by atoms with E-state index >= 15 is 0 Å². The molecule has 1 aromatic rings. The molecule has 9 atom stereocenters. The monoisotopic (exact) mass is 969 g/mol. The number of halogens is 1. The largest absolute Gasteiger partial charge is 0.480 e. The molecule has 2 aliphatic heterocycles. The van der Waals surface area contributed by atoms with E-state index in [4.69, 9.17) is 9.47 Å². The number of likely N-dealkylation sites (tertiary alicyclic amines) is 1.